The number of carbonyl (C=O) groups excluding carboxylic acids is 3. The van der Waals surface area contributed by atoms with Crippen LogP contribution in [-0.4, -0.2) is 87.7 Å². The molecule has 10 unspecified atom stereocenters. The van der Waals surface area contributed by atoms with E-state index in [0.717, 1.165) is 0 Å². The minimum atomic E-state index is -1.79. The molecule has 3 N–H and O–H groups in total. The summed E-state index contributed by atoms with van der Waals surface area (Å²) in [4.78, 5) is 41.2. The van der Waals surface area contributed by atoms with E-state index < -0.39 is 82.5 Å². The first kappa shape index (κ1) is 35.8. The van der Waals surface area contributed by atoms with Gasteiger partial charge in [-0.2, -0.15) is 0 Å². The van der Waals surface area contributed by atoms with E-state index in [2.05, 4.69) is 6.58 Å². The molecule has 50 heavy (non-hydrogen) atoms. The van der Waals surface area contributed by atoms with Gasteiger partial charge in [0.05, 0.1) is 51.9 Å². The van der Waals surface area contributed by atoms with Crippen LogP contribution in [-0.2, 0) is 28.5 Å². The summed E-state index contributed by atoms with van der Waals surface area (Å²) in [6.45, 7) is 13.2. The van der Waals surface area contributed by atoms with Gasteiger partial charge in [0.1, 0.15) is 30.5 Å². The van der Waals surface area contributed by atoms with Crippen LogP contribution in [0, 0.1) is 16.7 Å². The fraction of sp³-hybridized carbons (Fsp3) is 0.513. The Morgan fingerprint density at radius 2 is 1.44 bits per heavy atom. The highest BCUT2D eigenvalue weighted by Crippen LogP contribution is 2.68. The summed E-state index contributed by atoms with van der Waals surface area (Å²) in [5.41, 5.74) is -5.55. The molecule has 11 nitrogen and oxygen atoms in total. The Labute approximate surface area is 291 Å². The van der Waals surface area contributed by atoms with E-state index in [1.54, 1.807) is 81.4 Å². The third-order valence-electron chi connectivity index (χ3n) is 11.5. The molecule has 1 saturated heterocycles. The van der Waals surface area contributed by atoms with Crippen molar-refractivity contribution < 1.29 is 53.4 Å². The molecule has 3 fully saturated rings. The molecule has 2 aromatic rings. The molecule has 268 valence electrons. The molecular formula is C39H46O11. The summed E-state index contributed by atoms with van der Waals surface area (Å²) in [5, 5.41) is 36.7. The van der Waals surface area contributed by atoms with Crippen LogP contribution in [0.4, 0.5) is 0 Å². The van der Waals surface area contributed by atoms with Gasteiger partial charge in [0.25, 0.3) is 0 Å². The molecule has 10 atom stereocenters. The maximum Gasteiger partial charge on any atom is 0.338 e. The third kappa shape index (κ3) is 5.37. The number of allylic oxidation sites excluding steroid dienone is 1. The molecule has 2 aromatic carbocycles. The van der Waals surface area contributed by atoms with E-state index in [-0.39, 0.29) is 36.1 Å². The lowest BCUT2D eigenvalue weighted by Gasteiger charge is -2.65. The highest BCUT2D eigenvalue weighted by molar-refractivity contribution is 5.90. The predicted octanol–water partition coefficient (Wildman–Crippen LogP) is 4.30. The number of carbonyl (C=O) groups is 3. The molecule has 2 saturated carbocycles. The van der Waals surface area contributed by atoms with Crippen molar-refractivity contribution in [3.63, 3.8) is 0 Å². The maximum absolute atomic E-state index is 14.2. The summed E-state index contributed by atoms with van der Waals surface area (Å²) in [6, 6.07) is 16.6. The molecule has 1 aliphatic heterocycles. The largest absolute Gasteiger partial charge is 0.495 e. The second kappa shape index (κ2) is 12.6. The number of hydrogen-bond donors (Lipinski definition) is 3. The van der Waals surface area contributed by atoms with Crippen molar-refractivity contribution in [3.8, 4) is 0 Å². The summed E-state index contributed by atoms with van der Waals surface area (Å²) in [6.07, 6.45) is -7.38. The molecule has 3 aliphatic carbocycles. The van der Waals surface area contributed by atoms with Crippen LogP contribution < -0.4 is 0 Å². The first-order valence-electron chi connectivity index (χ1n) is 16.9. The Morgan fingerprint density at radius 3 is 1.90 bits per heavy atom. The minimum absolute atomic E-state index is 0.116. The van der Waals surface area contributed by atoms with Gasteiger partial charge in [-0.25, -0.2) is 9.59 Å². The van der Waals surface area contributed by atoms with Crippen LogP contribution in [0.5, 0.6) is 0 Å². The van der Waals surface area contributed by atoms with Crippen molar-refractivity contribution in [3.05, 3.63) is 95.3 Å². The quantitative estimate of drug-likeness (QED) is 0.157. The van der Waals surface area contributed by atoms with Crippen LogP contribution in [0.15, 0.2) is 84.1 Å². The average Bonchev–Trinajstić information content (AvgIpc) is 3.30. The number of ether oxygens (including phenoxy) is 5. The molecule has 0 radical (unpaired) electrons. The van der Waals surface area contributed by atoms with Crippen LogP contribution >= 0.6 is 0 Å². The zero-order valence-corrected chi connectivity index (χ0v) is 29.3. The van der Waals surface area contributed by atoms with Gasteiger partial charge >= 0.3 is 17.9 Å². The van der Waals surface area contributed by atoms with Gasteiger partial charge in [-0.3, -0.25) is 4.79 Å². The number of esters is 3. The predicted molar refractivity (Wildman–Crippen MR) is 179 cm³/mol. The minimum Gasteiger partial charge on any atom is -0.495 e. The van der Waals surface area contributed by atoms with Gasteiger partial charge in [0.2, 0.25) is 0 Å². The Bertz CT molecular complexity index is 1700. The number of aliphatic hydroxyl groups is 3. The van der Waals surface area contributed by atoms with E-state index >= 15 is 0 Å². The van der Waals surface area contributed by atoms with Gasteiger partial charge in [0.15, 0.2) is 5.60 Å². The SMILES string of the molecule is C=C(C)OC1CC2OCC2(OC(C)=O)C2C(OC(=O)c3ccccc3)C3(C(C)(C)O)CC(O)C(C)=C3C(O)C(OC(=O)c3ccccc3)C12C. The van der Waals surface area contributed by atoms with Gasteiger partial charge in [-0.1, -0.05) is 49.9 Å². The second-order valence-electron chi connectivity index (χ2n) is 14.9. The van der Waals surface area contributed by atoms with E-state index in [0.29, 0.717) is 11.3 Å². The van der Waals surface area contributed by atoms with Crippen molar-refractivity contribution >= 4 is 17.9 Å². The molecule has 0 bridgehead atoms. The van der Waals surface area contributed by atoms with Gasteiger partial charge < -0.3 is 39.0 Å². The average molecular weight is 691 g/mol. The van der Waals surface area contributed by atoms with Crippen molar-refractivity contribution in [2.45, 2.75) is 102 Å². The summed E-state index contributed by atoms with van der Waals surface area (Å²) in [7, 11) is 0. The third-order valence-corrected chi connectivity index (χ3v) is 11.5. The summed E-state index contributed by atoms with van der Waals surface area (Å²) >= 11 is 0. The first-order valence-corrected chi connectivity index (χ1v) is 16.9. The number of fused-ring (bicyclic) bond motifs is 4. The molecule has 11 heteroatoms. The topological polar surface area (TPSA) is 158 Å². The number of hydrogen-bond acceptors (Lipinski definition) is 11. The van der Waals surface area contributed by atoms with Crippen molar-refractivity contribution in [2.75, 3.05) is 6.61 Å². The smallest absolute Gasteiger partial charge is 0.338 e. The fourth-order valence-electron chi connectivity index (χ4n) is 9.33. The molecule has 1 heterocycles. The zero-order valence-electron chi connectivity index (χ0n) is 29.3. The van der Waals surface area contributed by atoms with Crippen LogP contribution in [0.3, 0.4) is 0 Å². The number of benzene rings is 2. The summed E-state index contributed by atoms with van der Waals surface area (Å²) in [5.74, 6) is -2.95. The van der Waals surface area contributed by atoms with Crippen molar-refractivity contribution in [1.82, 2.24) is 0 Å². The number of aliphatic hydroxyl groups excluding tert-OH is 2. The lowest BCUT2D eigenvalue weighted by molar-refractivity contribution is -0.351. The first-order chi connectivity index (χ1) is 23.5. The molecule has 0 amide bonds. The monoisotopic (exact) mass is 690 g/mol. The van der Waals surface area contributed by atoms with Crippen molar-refractivity contribution in [1.29, 1.82) is 0 Å². The summed E-state index contributed by atoms with van der Waals surface area (Å²) < 4.78 is 31.8. The highest BCUT2D eigenvalue weighted by Gasteiger charge is 2.80. The van der Waals surface area contributed by atoms with Gasteiger partial charge in [-0.05, 0) is 69.5 Å². The van der Waals surface area contributed by atoms with Gasteiger partial charge in [0, 0.05) is 13.3 Å². The van der Waals surface area contributed by atoms with E-state index in [1.165, 1.54) is 20.8 Å². The van der Waals surface area contributed by atoms with Gasteiger partial charge in [-0.15, -0.1) is 0 Å². The van der Waals surface area contributed by atoms with Crippen LogP contribution in [0.2, 0.25) is 0 Å². The lowest BCUT2D eigenvalue weighted by atomic mass is 9.49. The fourth-order valence-corrected chi connectivity index (χ4v) is 9.33. The van der Waals surface area contributed by atoms with E-state index in [4.69, 9.17) is 23.7 Å². The molecular weight excluding hydrogens is 644 g/mol. The van der Waals surface area contributed by atoms with Crippen LogP contribution in [0.1, 0.15) is 75.1 Å². The lowest BCUT2D eigenvalue weighted by Crippen LogP contribution is -2.79. The van der Waals surface area contributed by atoms with Crippen LogP contribution in [0.25, 0.3) is 0 Å². The highest BCUT2D eigenvalue weighted by atomic mass is 16.6. The number of rotatable bonds is 8. The molecule has 6 rings (SSSR count). The molecule has 0 aromatic heterocycles. The van der Waals surface area contributed by atoms with E-state index in [1.807, 2.05) is 0 Å². The zero-order chi connectivity index (χ0) is 36.4. The molecule has 4 aliphatic rings. The maximum atomic E-state index is 14.2. The Hall–Kier alpha value is -4.03. The van der Waals surface area contributed by atoms with Crippen molar-refractivity contribution in [2.24, 2.45) is 16.7 Å². The normalized spacial score (nSPS) is 36.1. The Morgan fingerprint density at radius 1 is 0.900 bits per heavy atom. The van der Waals surface area contributed by atoms with E-state index in [9.17, 15) is 29.7 Å². The molecule has 0 spiro atoms. The standard InChI is InChI=1S/C39H46O11/c1-21(2)47-27-18-28-39(20-46-28,50-23(4)40)31-33(49-35(44)25-16-12-9-13-17-25)38(36(5,6)45)19-26(41)22(3)29(38)30(42)32(37(27,31)7)48-34(43)24-14-10-8-11-15-24/h8-17,26-28,30-33,41-42,45H,1,18-20H2,2-7H3. The second-order valence-corrected chi connectivity index (χ2v) is 14.9. The Kier molecular flexibility index (Phi) is 9.04. The Balaban J connectivity index is 1.69.